The van der Waals surface area contributed by atoms with Crippen LogP contribution in [-0.2, 0) is 17.8 Å². The molecule has 0 atom stereocenters. The molecule has 0 saturated heterocycles. The summed E-state index contributed by atoms with van der Waals surface area (Å²) in [6.07, 6.45) is 1.95. The molecule has 0 fully saturated rings. The average molecular weight is 287 g/mol. The van der Waals surface area contributed by atoms with Crippen molar-refractivity contribution >= 4 is 0 Å². The molecule has 21 heavy (non-hydrogen) atoms. The molecule has 1 aromatic carbocycles. The molecule has 2 aromatic rings. The molecule has 0 aliphatic carbocycles. The van der Waals surface area contributed by atoms with Crippen molar-refractivity contribution in [1.29, 1.82) is 0 Å². The number of aryl methyl sites for hydroxylation is 3. The summed E-state index contributed by atoms with van der Waals surface area (Å²) in [5, 5.41) is 3.38. The molecule has 1 aromatic heterocycles. The van der Waals surface area contributed by atoms with Crippen LogP contribution < -0.4 is 5.32 Å². The number of aromatic nitrogens is 2. The summed E-state index contributed by atoms with van der Waals surface area (Å²) in [6.45, 7) is 9.62. The lowest BCUT2D eigenvalue weighted by molar-refractivity contribution is 0.199. The number of nitrogens with one attached hydrogen (secondary N) is 1. The van der Waals surface area contributed by atoms with Gasteiger partial charge in [0.05, 0.1) is 12.3 Å². The van der Waals surface area contributed by atoms with Gasteiger partial charge < -0.3 is 14.6 Å². The first kappa shape index (κ1) is 15.7. The molecule has 0 spiro atoms. The van der Waals surface area contributed by atoms with Crippen LogP contribution in [0.5, 0.6) is 0 Å². The average Bonchev–Trinajstić information content (AvgIpc) is 2.80. The van der Waals surface area contributed by atoms with Crippen LogP contribution in [0.25, 0.3) is 0 Å². The Morgan fingerprint density at radius 3 is 2.71 bits per heavy atom. The van der Waals surface area contributed by atoms with Gasteiger partial charge in [-0.25, -0.2) is 4.98 Å². The third kappa shape index (κ3) is 4.16. The van der Waals surface area contributed by atoms with Crippen molar-refractivity contribution in [3.8, 4) is 0 Å². The van der Waals surface area contributed by atoms with Crippen LogP contribution in [0.2, 0.25) is 0 Å². The van der Waals surface area contributed by atoms with Gasteiger partial charge in [0, 0.05) is 32.9 Å². The van der Waals surface area contributed by atoms with Crippen molar-refractivity contribution in [2.45, 2.75) is 33.9 Å². The molecule has 0 amide bonds. The van der Waals surface area contributed by atoms with Crippen molar-refractivity contribution in [3.63, 3.8) is 0 Å². The van der Waals surface area contributed by atoms with Crippen LogP contribution in [-0.4, -0.2) is 29.8 Å². The van der Waals surface area contributed by atoms with Crippen molar-refractivity contribution in [2.75, 3.05) is 20.3 Å². The van der Waals surface area contributed by atoms with Gasteiger partial charge in [0.25, 0.3) is 0 Å². The normalized spacial score (nSPS) is 11.0. The molecule has 0 aliphatic heterocycles. The minimum absolute atomic E-state index is 0.726. The Hall–Kier alpha value is -1.65. The lowest BCUT2D eigenvalue weighted by Gasteiger charge is -2.12. The maximum atomic E-state index is 5.05. The van der Waals surface area contributed by atoms with Gasteiger partial charge in [-0.05, 0) is 37.5 Å². The Morgan fingerprint density at radius 2 is 2.00 bits per heavy atom. The number of imidazole rings is 1. The van der Waals surface area contributed by atoms with Crippen LogP contribution in [0.4, 0.5) is 0 Å². The van der Waals surface area contributed by atoms with Gasteiger partial charge >= 0.3 is 0 Å². The second-order valence-corrected chi connectivity index (χ2v) is 5.47. The minimum atomic E-state index is 0.726. The SMILES string of the molecule is COCCNCc1cnc(C)n1Cc1ccc(C)c(C)c1. The molecule has 0 saturated carbocycles. The maximum absolute atomic E-state index is 5.05. The number of nitrogens with zero attached hydrogens (tertiary/aromatic N) is 2. The van der Waals surface area contributed by atoms with E-state index in [9.17, 15) is 0 Å². The zero-order valence-electron chi connectivity index (χ0n) is 13.4. The van der Waals surface area contributed by atoms with Crippen molar-refractivity contribution in [1.82, 2.24) is 14.9 Å². The Labute approximate surface area is 127 Å². The first-order valence-electron chi connectivity index (χ1n) is 7.38. The topological polar surface area (TPSA) is 39.1 Å². The van der Waals surface area contributed by atoms with E-state index in [-0.39, 0.29) is 0 Å². The van der Waals surface area contributed by atoms with Gasteiger partial charge in [-0.15, -0.1) is 0 Å². The second-order valence-electron chi connectivity index (χ2n) is 5.47. The molecule has 0 unspecified atom stereocenters. The molecule has 1 heterocycles. The smallest absolute Gasteiger partial charge is 0.106 e. The molecule has 114 valence electrons. The Bertz CT molecular complexity index is 590. The second kappa shape index (κ2) is 7.38. The van der Waals surface area contributed by atoms with Gasteiger partial charge in [0.1, 0.15) is 5.82 Å². The fourth-order valence-electron chi connectivity index (χ4n) is 2.35. The quantitative estimate of drug-likeness (QED) is 0.796. The summed E-state index contributed by atoms with van der Waals surface area (Å²) >= 11 is 0. The van der Waals surface area contributed by atoms with Crippen LogP contribution in [0.15, 0.2) is 24.4 Å². The molecular weight excluding hydrogens is 262 g/mol. The van der Waals surface area contributed by atoms with Crippen molar-refractivity contribution < 1.29 is 4.74 Å². The summed E-state index contributed by atoms with van der Waals surface area (Å²) in [6, 6.07) is 6.65. The highest BCUT2D eigenvalue weighted by Gasteiger charge is 2.07. The number of hydrogen-bond donors (Lipinski definition) is 1. The summed E-state index contributed by atoms with van der Waals surface area (Å²) in [5.41, 5.74) is 5.20. The monoisotopic (exact) mass is 287 g/mol. The number of hydrogen-bond acceptors (Lipinski definition) is 3. The molecule has 4 heteroatoms. The molecule has 0 aliphatic rings. The zero-order chi connectivity index (χ0) is 15.2. The number of methoxy groups -OCH3 is 1. The number of benzene rings is 1. The van der Waals surface area contributed by atoms with Gasteiger partial charge in [0.15, 0.2) is 0 Å². The van der Waals surface area contributed by atoms with Gasteiger partial charge in [0.2, 0.25) is 0 Å². The lowest BCUT2D eigenvalue weighted by Crippen LogP contribution is -2.21. The van der Waals surface area contributed by atoms with Gasteiger partial charge in [-0.2, -0.15) is 0 Å². The van der Waals surface area contributed by atoms with Gasteiger partial charge in [-0.1, -0.05) is 18.2 Å². The van der Waals surface area contributed by atoms with Crippen LogP contribution >= 0.6 is 0 Å². The highest BCUT2D eigenvalue weighted by atomic mass is 16.5. The Kier molecular flexibility index (Phi) is 5.53. The lowest BCUT2D eigenvalue weighted by atomic mass is 10.1. The third-order valence-electron chi connectivity index (χ3n) is 3.84. The Balaban J connectivity index is 2.08. The molecule has 0 bridgehead atoms. The summed E-state index contributed by atoms with van der Waals surface area (Å²) in [5.74, 6) is 1.05. The first-order valence-corrected chi connectivity index (χ1v) is 7.38. The van der Waals surface area contributed by atoms with Crippen LogP contribution in [0, 0.1) is 20.8 Å². The first-order chi connectivity index (χ1) is 10.1. The van der Waals surface area contributed by atoms with E-state index >= 15 is 0 Å². The molecule has 4 nitrogen and oxygen atoms in total. The molecular formula is C17H25N3O. The summed E-state index contributed by atoms with van der Waals surface area (Å²) < 4.78 is 7.32. The molecule has 1 N–H and O–H groups in total. The zero-order valence-corrected chi connectivity index (χ0v) is 13.4. The summed E-state index contributed by atoms with van der Waals surface area (Å²) in [7, 11) is 1.72. The molecule has 2 rings (SSSR count). The highest BCUT2D eigenvalue weighted by Crippen LogP contribution is 2.14. The Morgan fingerprint density at radius 1 is 1.19 bits per heavy atom. The highest BCUT2D eigenvalue weighted by molar-refractivity contribution is 5.30. The van der Waals surface area contributed by atoms with Gasteiger partial charge in [-0.3, -0.25) is 0 Å². The number of ether oxygens (including phenoxy) is 1. The minimum Gasteiger partial charge on any atom is -0.383 e. The predicted molar refractivity (Wildman–Crippen MR) is 85.6 cm³/mol. The fourth-order valence-corrected chi connectivity index (χ4v) is 2.35. The van der Waals surface area contributed by atoms with E-state index in [1.54, 1.807) is 7.11 Å². The standard InChI is InChI=1S/C17H25N3O/c1-13-5-6-16(9-14(13)2)12-20-15(3)19-11-17(20)10-18-7-8-21-4/h5-6,9,11,18H,7-8,10,12H2,1-4H3. The van der Waals surface area contributed by atoms with E-state index in [1.807, 2.05) is 6.20 Å². The van der Waals surface area contributed by atoms with E-state index < -0.39 is 0 Å². The van der Waals surface area contributed by atoms with Crippen molar-refractivity contribution in [2.24, 2.45) is 0 Å². The number of rotatable bonds is 7. The van der Waals surface area contributed by atoms with E-state index in [0.29, 0.717) is 0 Å². The van der Waals surface area contributed by atoms with E-state index in [4.69, 9.17) is 4.74 Å². The van der Waals surface area contributed by atoms with Crippen LogP contribution in [0.1, 0.15) is 28.2 Å². The third-order valence-corrected chi connectivity index (χ3v) is 3.84. The molecule has 0 radical (unpaired) electrons. The fraction of sp³-hybridized carbons (Fsp3) is 0.471. The summed E-state index contributed by atoms with van der Waals surface area (Å²) in [4.78, 5) is 4.44. The van der Waals surface area contributed by atoms with E-state index in [0.717, 1.165) is 32.1 Å². The van der Waals surface area contributed by atoms with E-state index in [1.165, 1.54) is 22.4 Å². The largest absolute Gasteiger partial charge is 0.383 e. The van der Waals surface area contributed by atoms with Crippen LogP contribution in [0.3, 0.4) is 0 Å². The van der Waals surface area contributed by atoms with Crippen molar-refractivity contribution in [3.05, 3.63) is 52.6 Å². The maximum Gasteiger partial charge on any atom is 0.106 e. The van der Waals surface area contributed by atoms with E-state index in [2.05, 4.69) is 53.8 Å². The predicted octanol–water partition coefficient (Wildman–Crippen LogP) is 2.59.